The van der Waals surface area contributed by atoms with E-state index in [1.165, 1.54) is 18.4 Å². The van der Waals surface area contributed by atoms with Gasteiger partial charge in [-0.2, -0.15) is 17.0 Å². The van der Waals surface area contributed by atoms with Crippen molar-refractivity contribution in [3.05, 3.63) is 54.4 Å². The topological polar surface area (TPSA) is 105 Å². The zero-order chi connectivity index (χ0) is 20.8. The molecule has 11 heteroatoms. The minimum atomic E-state index is -4.05. The molecule has 1 aliphatic rings. The van der Waals surface area contributed by atoms with Crippen LogP contribution in [0.5, 0.6) is 0 Å². The van der Waals surface area contributed by atoms with Crippen molar-refractivity contribution in [2.45, 2.75) is 30.6 Å². The summed E-state index contributed by atoms with van der Waals surface area (Å²) in [5, 5.41) is 5.33. The Morgan fingerprint density at radius 3 is 2.38 bits per heavy atom. The quantitative estimate of drug-likeness (QED) is 0.556. The van der Waals surface area contributed by atoms with Gasteiger partial charge in [-0.3, -0.25) is 0 Å². The van der Waals surface area contributed by atoms with Crippen molar-refractivity contribution in [1.82, 2.24) is 22.8 Å². The average Bonchev–Trinajstić information content (AvgIpc) is 3.38. The molecule has 0 saturated heterocycles. The van der Waals surface area contributed by atoms with E-state index in [9.17, 15) is 16.8 Å². The molecular formula is C18H21N5O4S2. The normalized spacial score (nSPS) is 15.4. The van der Waals surface area contributed by atoms with Gasteiger partial charge in [0.15, 0.2) is 0 Å². The van der Waals surface area contributed by atoms with E-state index in [0.29, 0.717) is 4.09 Å². The number of hydrogen-bond acceptors (Lipinski definition) is 6. The molecule has 154 valence electrons. The first kappa shape index (κ1) is 20.0. The summed E-state index contributed by atoms with van der Waals surface area (Å²) in [6.45, 7) is 0.173. The molecule has 9 nitrogen and oxygen atoms in total. The van der Waals surface area contributed by atoms with Crippen molar-refractivity contribution in [3.8, 4) is 0 Å². The molecule has 0 unspecified atom stereocenters. The van der Waals surface area contributed by atoms with Gasteiger partial charge < -0.3 is 0 Å². The van der Waals surface area contributed by atoms with Gasteiger partial charge in [0.25, 0.3) is 15.2 Å². The first-order chi connectivity index (χ1) is 13.7. The van der Waals surface area contributed by atoms with E-state index >= 15 is 0 Å². The molecule has 1 saturated carbocycles. The number of hydrogen-bond donors (Lipinski definition) is 0. The van der Waals surface area contributed by atoms with E-state index in [1.807, 2.05) is 42.5 Å². The van der Waals surface area contributed by atoms with E-state index in [2.05, 4.69) is 10.1 Å². The molecule has 29 heavy (non-hydrogen) atoms. The number of fused-ring (bicyclic) bond motifs is 1. The van der Waals surface area contributed by atoms with Crippen LogP contribution in [-0.4, -0.2) is 59.8 Å². The monoisotopic (exact) mass is 435 g/mol. The third-order valence-corrected chi connectivity index (χ3v) is 8.06. The maximum atomic E-state index is 13.2. The molecule has 2 aromatic carbocycles. The van der Waals surface area contributed by atoms with Crippen LogP contribution in [0.3, 0.4) is 0 Å². The highest BCUT2D eigenvalue weighted by molar-refractivity contribution is 7.89. The van der Waals surface area contributed by atoms with E-state index in [-0.39, 0.29) is 12.6 Å². The Morgan fingerprint density at radius 1 is 1.03 bits per heavy atom. The van der Waals surface area contributed by atoms with E-state index in [1.54, 1.807) is 0 Å². The second kappa shape index (κ2) is 7.17. The van der Waals surface area contributed by atoms with Crippen molar-refractivity contribution < 1.29 is 16.8 Å². The second-order valence-corrected chi connectivity index (χ2v) is 10.9. The van der Waals surface area contributed by atoms with Crippen molar-refractivity contribution in [2.75, 3.05) is 14.1 Å². The molecule has 4 rings (SSSR count). The zero-order valence-corrected chi connectivity index (χ0v) is 17.6. The summed E-state index contributed by atoms with van der Waals surface area (Å²) in [6.07, 6.45) is 2.41. The number of benzene rings is 2. The van der Waals surface area contributed by atoms with Crippen LogP contribution in [0.4, 0.5) is 0 Å². The fraction of sp³-hybridized carbons (Fsp3) is 0.333. The van der Waals surface area contributed by atoms with Gasteiger partial charge in [-0.25, -0.2) is 13.4 Å². The molecule has 0 N–H and O–H groups in total. The number of rotatable bonds is 7. The highest BCUT2D eigenvalue weighted by Crippen LogP contribution is 2.33. The first-order valence-electron chi connectivity index (χ1n) is 9.04. The molecule has 0 aliphatic heterocycles. The zero-order valence-electron chi connectivity index (χ0n) is 16.0. The van der Waals surface area contributed by atoms with Gasteiger partial charge in [0.05, 0.1) is 0 Å². The van der Waals surface area contributed by atoms with Gasteiger partial charge in [-0.15, -0.1) is 9.19 Å². The summed E-state index contributed by atoms with van der Waals surface area (Å²) in [5.41, 5.74) is 0.847. The molecule has 3 aromatic rings. The number of sulfonamides is 1. The predicted octanol–water partition coefficient (Wildman–Crippen LogP) is 1.44. The van der Waals surface area contributed by atoms with Crippen LogP contribution in [-0.2, 0) is 26.8 Å². The third kappa shape index (κ3) is 3.78. The lowest BCUT2D eigenvalue weighted by molar-refractivity contribution is 0.394. The lowest BCUT2D eigenvalue weighted by Gasteiger charge is -2.20. The number of nitrogens with zero attached hydrogens (tertiary/aromatic N) is 5. The van der Waals surface area contributed by atoms with Gasteiger partial charge in [0.1, 0.15) is 6.33 Å². The fourth-order valence-electron chi connectivity index (χ4n) is 3.03. The van der Waals surface area contributed by atoms with Crippen molar-refractivity contribution in [1.29, 1.82) is 0 Å². The summed E-state index contributed by atoms with van der Waals surface area (Å²) in [7, 11) is -5.31. The summed E-state index contributed by atoms with van der Waals surface area (Å²) >= 11 is 0. The Kier molecular flexibility index (Phi) is 4.93. The van der Waals surface area contributed by atoms with E-state index < -0.39 is 25.4 Å². The maximum absolute atomic E-state index is 13.2. The molecule has 1 aromatic heterocycles. The minimum Gasteiger partial charge on any atom is -0.203 e. The van der Waals surface area contributed by atoms with Crippen LogP contribution in [0.2, 0.25) is 0 Å². The lowest BCUT2D eigenvalue weighted by Crippen LogP contribution is -2.34. The smallest absolute Gasteiger partial charge is 0.203 e. The minimum absolute atomic E-state index is 0.135. The molecule has 0 radical (unpaired) electrons. The Bertz CT molecular complexity index is 1260. The Hall–Kier alpha value is -2.34. The Morgan fingerprint density at radius 2 is 1.72 bits per heavy atom. The van der Waals surface area contributed by atoms with Crippen molar-refractivity contribution in [3.63, 3.8) is 0 Å². The van der Waals surface area contributed by atoms with Crippen molar-refractivity contribution in [2.24, 2.45) is 0 Å². The van der Waals surface area contributed by atoms with Gasteiger partial charge in [0.2, 0.25) is 0 Å². The largest absolute Gasteiger partial charge is 0.323 e. The lowest BCUT2D eigenvalue weighted by atomic mass is 10.1. The molecular weight excluding hydrogens is 414 g/mol. The molecule has 1 fully saturated rings. The molecule has 0 spiro atoms. The summed E-state index contributed by atoms with van der Waals surface area (Å²) < 4.78 is 53.6. The first-order valence-corrected chi connectivity index (χ1v) is 11.9. The molecule has 0 amide bonds. The molecule has 0 bridgehead atoms. The fourth-order valence-corrected chi connectivity index (χ4v) is 5.26. The van der Waals surface area contributed by atoms with Crippen LogP contribution in [0.1, 0.15) is 18.4 Å². The summed E-state index contributed by atoms with van der Waals surface area (Å²) in [6, 6.07) is 13.5. The van der Waals surface area contributed by atoms with E-state index in [0.717, 1.165) is 39.8 Å². The van der Waals surface area contributed by atoms with Crippen LogP contribution < -0.4 is 0 Å². The standard InChI is InChI=1S/C18H21N5O4S2/c1-21(2)29(26,27)23-13-19-18(20-23)28(24,25)22(17-9-10-17)12-14-7-8-15-5-3-4-6-16(15)11-14/h3-8,11,13,17H,9-10,12H2,1-2H3. The SMILES string of the molecule is CN(C)S(=O)(=O)n1cnc(S(=O)(=O)N(Cc2ccc3ccccc3c2)C2CC2)n1. The Labute approximate surface area is 169 Å². The van der Waals surface area contributed by atoms with E-state index in [4.69, 9.17) is 0 Å². The average molecular weight is 436 g/mol. The predicted molar refractivity (Wildman–Crippen MR) is 108 cm³/mol. The van der Waals surface area contributed by atoms with Gasteiger partial charge in [-0.05, 0) is 35.2 Å². The van der Waals surface area contributed by atoms with Crippen LogP contribution in [0, 0.1) is 0 Å². The van der Waals surface area contributed by atoms with Crippen LogP contribution in [0.25, 0.3) is 10.8 Å². The van der Waals surface area contributed by atoms with Gasteiger partial charge in [0, 0.05) is 26.7 Å². The van der Waals surface area contributed by atoms with Gasteiger partial charge >= 0.3 is 10.2 Å². The highest BCUT2D eigenvalue weighted by atomic mass is 32.2. The Balaban J connectivity index is 1.67. The van der Waals surface area contributed by atoms with Crippen LogP contribution in [0.15, 0.2) is 53.9 Å². The molecule has 0 atom stereocenters. The van der Waals surface area contributed by atoms with Crippen molar-refractivity contribution >= 4 is 31.0 Å². The van der Waals surface area contributed by atoms with Gasteiger partial charge in [-0.1, -0.05) is 36.4 Å². The highest BCUT2D eigenvalue weighted by Gasteiger charge is 2.40. The third-order valence-electron chi connectivity index (χ3n) is 4.79. The summed E-state index contributed by atoms with van der Waals surface area (Å²) in [4.78, 5) is 3.78. The maximum Gasteiger partial charge on any atom is 0.323 e. The number of aromatic nitrogens is 3. The second-order valence-electron chi connectivity index (χ2n) is 7.15. The van der Waals surface area contributed by atoms with Crippen LogP contribution >= 0.6 is 0 Å². The molecule has 1 aliphatic carbocycles. The molecule has 1 heterocycles. The summed E-state index contributed by atoms with van der Waals surface area (Å²) in [5.74, 6) is 0.